The Balaban J connectivity index is 2.37. The van der Waals surface area contributed by atoms with Crippen LogP contribution in [0.3, 0.4) is 0 Å². The van der Waals surface area contributed by atoms with Gasteiger partial charge in [-0.1, -0.05) is 25.1 Å². The van der Waals surface area contributed by atoms with Gasteiger partial charge < -0.3 is 10.1 Å². The van der Waals surface area contributed by atoms with Crippen molar-refractivity contribution in [3.05, 3.63) is 29.8 Å². The summed E-state index contributed by atoms with van der Waals surface area (Å²) in [4.78, 5) is 34.8. The van der Waals surface area contributed by atoms with Crippen LogP contribution in [0.5, 0.6) is 0 Å². The first-order valence-corrected chi connectivity index (χ1v) is 8.10. The minimum atomic E-state index is -2.55. The molecule has 132 valence electrons. The van der Waals surface area contributed by atoms with Gasteiger partial charge in [0.05, 0.1) is 5.56 Å². The quantitative estimate of drug-likeness (QED) is 0.423. The van der Waals surface area contributed by atoms with Crippen LogP contribution in [-0.4, -0.2) is 36.8 Å². The van der Waals surface area contributed by atoms with Crippen LogP contribution in [0.4, 0.5) is 13.6 Å². The smallest absolute Gasteiger partial charge is 0.338 e. The summed E-state index contributed by atoms with van der Waals surface area (Å²) in [5, 5.41) is 4.50. The number of imide groups is 1. The largest absolute Gasteiger partial charge is 0.452 e. The summed E-state index contributed by atoms with van der Waals surface area (Å²) in [7, 11) is 0. The van der Waals surface area contributed by atoms with Crippen molar-refractivity contribution in [1.29, 1.82) is 0 Å². The fourth-order valence-corrected chi connectivity index (χ4v) is 2.07. The summed E-state index contributed by atoms with van der Waals surface area (Å²) < 4.78 is 29.1. The molecule has 0 aromatic heterocycles. The summed E-state index contributed by atoms with van der Waals surface area (Å²) in [6.07, 6.45) is 1.69. The number of esters is 1. The van der Waals surface area contributed by atoms with Crippen molar-refractivity contribution in [2.24, 2.45) is 0 Å². The van der Waals surface area contributed by atoms with E-state index < -0.39 is 30.3 Å². The number of urea groups is 1. The van der Waals surface area contributed by atoms with E-state index in [2.05, 4.69) is 5.32 Å². The lowest BCUT2D eigenvalue weighted by Gasteiger charge is -2.07. The van der Waals surface area contributed by atoms with Crippen molar-refractivity contribution in [2.75, 3.05) is 13.2 Å². The lowest BCUT2D eigenvalue weighted by molar-refractivity contribution is -0.123. The summed E-state index contributed by atoms with van der Waals surface area (Å²) in [5.41, 5.74) is 0.119. The van der Waals surface area contributed by atoms with Crippen LogP contribution < -0.4 is 10.6 Å². The van der Waals surface area contributed by atoms with Crippen molar-refractivity contribution in [3.8, 4) is 0 Å². The lowest BCUT2D eigenvalue weighted by Crippen LogP contribution is -2.41. The maximum absolute atomic E-state index is 12.2. The van der Waals surface area contributed by atoms with Crippen molar-refractivity contribution >= 4 is 29.7 Å². The van der Waals surface area contributed by atoms with Gasteiger partial charge in [0.1, 0.15) is 0 Å². The number of thioether (sulfide) groups is 1. The third-order valence-corrected chi connectivity index (χ3v) is 3.44. The van der Waals surface area contributed by atoms with Crippen LogP contribution in [0, 0.1) is 0 Å². The predicted molar refractivity (Wildman–Crippen MR) is 85.0 cm³/mol. The van der Waals surface area contributed by atoms with Gasteiger partial charge in [-0.2, -0.15) is 8.78 Å². The molecule has 0 aliphatic rings. The van der Waals surface area contributed by atoms with E-state index in [1.165, 1.54) is 24.3 Å². The van der Waals surface area contributed by atoms with Gasteiger partial charge in [-0.05, 0) is 30.7 Å². The van der Waals surface area contributed by atoms with Crippen molar-refractivity contribution < 1.29 is 27.9 Å². The molecule has 0 unspecified atom stereocenters. The monoisotopic (exact) mass is 360 g/mol. The number of amides is 3. The highest BCUT2D eigenvalue weighted by atomic mass is 32.2. The molecule has 0 bridgehead atoms. The number of unbranched alkanes of at least 4 members (excludes halogenated alkanes) is 1. The van der Waals surface area contributed by atoms with Crippen LogP contribution in [0.25, 0.3) is 0 Å². The Morgan fingerprint density at radius 2 is 1.88 bits per heavy atom. The Kier molecular flexibility index (Phi) is 8.77. The number of carbonyl (C=O) groups excluding carboxylic acids is 3. The molecular formula is C15H18F2N2O4S. The minimum absolute atomic E-state index is 0.119. The molecule has 9 heteroatoms. The van der Waals surface area contributed by atoms with Crippen molar-refractivity contribution in [2.45, 2.75) is 30.4 Å². The van der Waals surface area contributed by atoms with Gasteiger partial charge in [0.25, 0.3) is 11.7 Å². The number of rotatable bonds is 8. The second-order valence-electron chi connectivity index (χ2n) is 4.64. The second kappa shape index (κ2) is 10.6. The summed E-state index contributed by atoms with van der Waals surface area (Å²) in [5.74, 6) is -4.10. The lowest BCUT2D eigenvalue weighted by atomic mass is 10.2. The van der Waals surface area contributed by atoms with Gasteiger partial charge in [-0.3, -0.25) is 10.1 Å². The third-order valence-electron chi connectivity index (χ3n) is 2.72. The summed E-state index contributed by atoms with van der Waals surface area (Å²) in [6, 6.07) is 4.70. The average molecular weight is 360 g/mol. The second-order valence-corrected chi connectivity index (χ2v) is 5.70. The molecule has 0 radical (unpaired) electrons. The Morgan fingerprint density at radius 1 is 1.21 bits per heavy atom. The van der Waals surface area contributed by atoms with Crippen molar-refractivity contribution in [1.82, 2.24) is 10.6 Å². The van der Waals surface area contributed by atoms with Gasteiger partial charge in [-0.25, -0.2) is 9.59 Å². The number of alkyl halides is 2. The van der Waals surface area contributed by atoms with Gasteiger partial charge in [-0.15, -0.1) is 0 Å². The number of carbonyl (C=O) groups is 3. The molecule has 1 rings (SSSR count). The SMILES string of the molecule is CCCCNC(=O)NC(=O)COC(=O)c1ccc(SC(F)F)cc1. The van der Waals surface area contributed by atoms with E-state index in [1.807, 2.05) is 12.2 Å². The molecule has 24 heavy (non-hydrogen) atoms. The molecule has 0 heterocycles. The average Bonchev–Trinajstić information content (AvgIpc) is 2.53. The highest BCUT2D eigenvalue weighted by Gasteiger charge is 2.13. The standard InChI is InChI=1S/C15H18F2N2O4S/c1-2-3-8-18-15(22)19-12(20)9-23-13(21)10-4-6-11(7-5-10)24-14(16)17/h4-7,14H,2-3,8-9H2,1H3,(H2,18,19,20,22). The molecule has 0 saturated carbocycles. The molecule has 0 aliphatic carbocycles. The van der Waals surface area contributed by atoms with Crippen LogP contribution >= 0.6 is 11.8 Å². The molecule has 0 aliphatic heterocycles. The number of halogens is 2. The maximum atomic E-state index is 12.2. The first kappa shape index (κ1) is 19.9. The highest BCUT2D eigenvalue weighted by molar-refractivity contribution is 7.99. The van der Waals surface area contributed by atoms with E-state index in [9.17, 15) is 23.2 Å². The Hall–Kier alpha value is -2.16. The predicted octanol–water partition coefficient (Wildman–Crippen LogP) is 2.78. The number of hydrogen-bond acceptors (Lipinski definition) is 5. The van der Waals surface area contributed by atoms with Gasteiger partial charge in [0.15, 0.2) is 6.61 Å². The van der Waals surface area contributed by atoms with E-state index in [-0.39, 0.29) is 5.56 Å². The first-order chi connectivity index (χ1) is 11.4. The fourth-order valence-electron chi connectivity index (χ4n) is 1.57. The van der Waals surface area contributed by atoms with Crippen LogP contribution in [0.2, 0.25) is 0 Å². The molecule has 0 saturated heterocycles. The number of ether oxygens (including phenoxy) is 1. The van der Waals surface area contributed by atoms with Gasteiger partial charge in [0.2, 0.25) is 0 Å². The fraction of sp³-hybridized carbons (Fsp3) is 0.400. The normalized spacial score (nSPS) is 10.3. The van der Waals surface area contributed by atoms with Crippen LogP contribution in [0.1, 0.15) is 30.1 Å². The number of hydrogen-bond donors (Lipinski definition) is 2. The topological polar surface area (TPSA) is 84.5 Å². The minimum Gasteiger partial charge on any atom is -0.452 e. The zero-order chi connectivity index (χ0) is 17.9. The van der Waals surface area contributed by atoms with Gasteiger partial charge >= 0.3 is 12.0 Å². The molecule has 3 amide bonds. The van der Waals surface area contributed by atoms with Crippen molar-refractivity contribution in [3.63, 3.8) is 0 Å². The zero-order valence-electron chi connectivity index (χ0n) is 13.0. The Labute approximate surface area is 142 Å². The Bertz CT molecular complexity index is 567. The molecule has 0 spiro atoms. The summed E-state index contributed by atoms with van der Waals surface area (Å²) >= 11 is 0.358. The Morgan fingerprint density at radius 3 is 2.46 bits per heavy atom. The summed E-state index contributed by atoms with van der Waals surface area (Å²) in [6.45, 7) is 1.79. The number of benzene rings is 1. The first-order valence-electron chi connectivity index (χ1n) is 7.22. The molecule has 1 aromatic rings. The molecule has 1 aromatic carbocycles. The van der Waals surface area contributed by atoms with Crippen LogP contribution in [-0.2, 0) is 9.53 Å². The molecule has 0 fully saturated rings. The molecule has 0 atom stereocenters. The van der Waals surface area contributed by atoms with E-state index in [4.69, 9.17) is 4.74 Å². The van der Waals surface area contributed by atoms with E-state index in [0.29, 0.717) is 23.2 Å². The van der Waals surface area contributed by atoms with E-state index in [0.717, 1.165) is 12.8 Å². The maximum Gasteiger partial charge on any atom is 0.338 e. The van der Waals surface area contributed by atoms with E-state index in [1.54, 1.807) is 0 Å². The third kappa shape index (κ3) is 7.91. The molecule has 6 nitrogen and oxygen atoms in total. The van der Waals surface area contributed by atoms with Gasteiger partial charge in [0, 0.05) is 11.4 Å². The molecule has 2 N–H and O–H groups in total. The van der Waals surface area contributed by atoms with E-state index >= 15 is 0 Å². The number of nitrogens with one attached hydrogen (secondary N) is 2. The molecular weight excluding hydrogens is 342 g/mol. The zero-order valence-corrected chi connectivity index (χ0v) is 13.8. The van der Waals surface area contributed by atoms with Crippen LogP contribution in [0.15, 0.2) is 29.2 Å². The highest BCUT2D eigenvalue weighted by Crippen LogP contribution is 2.25.